The van der Waals surface area contributed by atoms with E-state index < -0.39 is 0 Å². The summed E-state index contributed by atoms with van der Waals surface area (Å²) >= 11 is 0. The Morgan fingerprint density at radius 2 is 2.50 bits per heavy atom. The molecule has 10 heavy (non-hydrogen) atoms. The number of hydrogen-bond donors (Lipinski definition) is 2. The first-order valence-corrected chi connectivity index (χ1v) is 3.11. The zero-order valence-corrected chi connectivity index (χ0v) is 5.72. The summed E-state index contributed by atoms with van der Waals surface area (Å²) in [5.74, 6) is 0.662. The Bertz CT molecular complexity index is 255. The van der Waals surface area contributed by atoms with E-state index in [2.05, 4.69) is 15.3 Å². The third-order valence-corrected chi connectivity index (χ3v) is 1.02. The predicted molar refractivity (Wildman–Crippen MR) is 39.0 cm³/mol. The van der Waals surface area contributed by atoms with Gasteiger partial charge in [0.1, 0.15) is 5.82 Å². The molecular weight excluding hydrogens is 130 g/mol. The number of anilines is 1. The number of nitrogens with zero attached hydrogens (tertiary/aromatic N) is 1. The molecule has 0 aliphatic carbocycles. The summed E-state index contributed by atoms with van der Waals surface area (Å²) in [6.45, 7) is 2.73. The summed E-state index contributed by atoms with van der Waals surface area (Å²) in [7, 11) is 0. The van der Waals surface area contributed by atoms with Gasteiger partial charge in [0.05, 0.1) is 12.4 Å². The molecule has 0 amide bonds. The summed E-state index contributed by atoms with van der Waals surface area (Å²) in [5.41, 5.74) is -0.182. The highest BCUT2D eigenvalue weighted by Gasteiger charge is 1.87. The number of aromatic amines is 1. The molecule has 0 spiro atoms. The molecule has 0 aliphatic rings. The standard InChI is InChI=1S/C6H9N3O/c1-2-8-5-3-7-4-6(10)9-5/h3-4H,2H2,1H3,(H2,8,9,10). The molecule has 2 N–H and O–H groups in total. The van der Waals surface area contributed by atoms with Gasteiger partial charge in [-0.3, -0.25) is 9.78 Å². The van der Waals surface area contributed by atoms with E-state index >= 15 is 0 Å². The summed E-state index contributed by atoms with van der Waals surface area (Å²) < 4.78 is 0. The van der Waals surface area contributed by atoms with Gasteiger partial charge in [0.15, 0.2) is 0 Å². The molecular formula is C6H9N3O. The van der Waals surface area contributed by atoms with Gasteiger partial charge in [-0.05, 0) is 6.92 Å². The van der Waals surface area contributed by atoms with Crippen LogP contribution in [0.25, 0.3) is 0 Å². The first kappa shape index (κ1) is 6.80. The Morgan fingerprint density at radius 3 is 3.10 bits per heavy atom. The van der Waals surface area contributed by atoms with Gasteiger partial charge in [-0.25, -0.2) is 0 Å². The molecule has 1 aromatic heterocycles. The van der Waals surface area contributed by atoms with Crippen molar-refractivity contribution in [3.8, 4) is 0 Å². The highest BCUT2D eigenvalue weighted by Crippen LogP contribution is 1.91. The Hall–Kier alpha value is -1.32. The third-order valence-electron chi connectivity index (χ3n) is 1.02. The monoisotopic (exact) mass is 139 g/mol. The molecule has 0 saturated carbocycles. The first-order chi connectivity index (χ1) is 4.83. The number of nitrogens with one attached hydrogen (secondary N) is 2. The van der Waals surface area contributed by atoms with Crippen molar-refractivity contribution in [3.05, 3.63) is 22.7 Å². The van der Waals surface area contributed by atoms with Crippen LogP contribution in [-0.2, 0) is 0 Å². The van der Waals surface area contributed by atoms with Crippen molar-refractivity contribution in [3.63, 3.8) is 0 Å². The van der Waals surface area contributed by atoms with Crippen LogP contribution in [0.15, 0.2) is 17.2 Å². The maximum absolute atomic E-state index is 10.6. The smallest absolute Gasteiger partial charge is 0.267 e. The molecule has 0 aliphatic heterocycles. The van der Waals surface area contributed by atoms with E-state index in [1.165, 1.54) is 6.20 Å². The fourth-order valence-electron chi connectivity index (χ4n) is 0.657. The van der Waals surface area contributed by atoms with E-state index in [0.29, 0.717) is 5.82 Å². The molecule has 4 heteroatoms. The van der Waals surface area contributed by atoms with E-state index in [1.807, 2.05) is 6.92 Å². The average molecular weight is 139 g/mol. The van der Waals surface area contributed by atoms with Crippen LogP contribution in [0, 0.1) is 0 Å². The van der Waals surface area contributed by atoms with Gasteiger partial charge >= 0.3 is 0 Å². The second kappa shape index (κ2) is 3.00. The van der Waals surface area contributed by atoms with Gasteiger partial charge in [-0.1, -0.05) is 0 Å². The van der Waals surface area contributed by atoms with Crippen LogP contribution in [0.4, 0.5) is 5.82 Å². The summed E-state index contributed by atoms with van der Waals surface area (Å²) in [6.07, 6.45) is 2.81. The maximum atomic E-state index is 10.6. The maximum Gasteiger partial charge on any atom is 0.267 e. The fraction of sp³-hybridized carbons (Fsp3) is 0.333. The minimum Gasteiger partial charge on any atom is -0.371 e. The van der Waals surface area contributed by atoms with Gasteiger partial charge in [-0.15, -0.1) is 0 Å². The Kier molecular flexibility index (Phi) is 2.04. The van der Waals surface area contributed by atoms with Crippen LogP contribution in [-0.4, -0.2) is 16.5 Å². The first-order valence-electron chi connectivity index (χ1n) is 3.11. The number of rotatable bonds is 2. The Morgan fingerprint density at radius 1 is 1.70 bits per heavy atom. The van der Waals surface area contributed by atoms with Crippen molar-refractivity contribution >= 4 is 5.82 Å². The molecule has 0 fully saturated rings. The van der Waals surface area contributed by atoms with Crippen LogP contribution in [0.2, 0.25) is 0 Å². The molecule has 0 unspecified atom stereocenters. The van der Waals surface area contributed by atoms with E-state index in [0.717, 1.165) is 6.54 Å². The van der Waals surface area contributed by atoms with Crippen molar-refractivity contribution in [2.45, 2.75) is 6.92 Å². The van der Waals surface area contributed by atoms with Gasteiger partial charge in [-0.2, -0.15) is 0 Å². The second-order valence-corrected chi connectivity index (χ2v) is 1.84. The van der Waals surface area contributed by atoms with Gasteiger partial charge in [0.2, 0.25) is 0 Å². The number of hydrogen-bond acceptors (Lipinski definition) is 3. The lowest BCUT2D eigenvalue weighted by molar-refractivity contribution is 1.09. The minimum atomic E-state index is -0.182. The van der Waals surface area contributed by atoms with Crippen molar-refractivity contribution in [2.75, 3.05) is 11.9 Å². The Labute approximate surface area is 58.3 Å². The second-order valence-electron chi connectivity index (χ2n) is 1.84. The zero-order valence-electron chi connectivity index (χ0n) is 5.72. The molecule has 0 radical (unpaired) electrons. The van der Waals surface area contributed by atoms with Crippen LogP contribution < -0.4 is 10.9 Å². The van der Waals surface area contributed by atoms with Crippen molar-refractivity contribution < 1.29 is 0 Å². The lowest BCUT2D eigenvalue weighted by Gasteiger charge is -1.98. The van der Waals surface area contributed by atoms with Crippen LogP contribution in [0.1, 0.15) is 6.92 Å². The molecule has 54 valence electrons. The highest BCUT2D eigenvalue weighted by molar-refractivity contribution is 5.29. The topological polar surface area (TPSA) is 57.8 Å². The van der Waals surface area contributed by atoms with E-state index in [1.54, 1.807) is 6.20 Å². The predicted octanol–water partition coefficient (Wildman–Crippen LogP) is 0.202. The lowest BCUT2D eigenvalue weighted by Crippen LogP contribution is -2.09. The van der Waals surface area contributed by atoms with Crippen molar-refractivity contribution in [1.29, 1.82) is 0 Å². The molecule has 1 heterocycles. The van der Waals surface area contributed by atoms with Crippen molar-refractivity contribution in [2.24, 2.45) is 0 Å². The molecule has 0 aromatic carbocycles. The molecule has 0 atom stereocenters. The average Bonchev–Trinajstić information content (AvgIpc) is 1.88. The molecule has 0 bridgehead atoms. The fourth-order valence-corrected chi connectivity index (χ4v) is 0.657. The lowest BCUT2D eigenvalue weighted by atomic mass is 10.6. The molecule has 0 saturated heterocycles. The quantitative estimate of drug-likeness (QED) is 0.615. The summed E-state index contributed by atoms with van der Waals surface area (Å²) in [4.78, 5) is 16.9. The number of H-pyrrole nitrogens is 1. The van der Waals surface area contributed by atoms with Crippen LogP contribution in [0.3, 0.4) is 0 Å². The third kappa shape index (κ3) is 1.58. The highest BCUT2D eigenvalue weighted by atomic mass is 16.1. The van der Waals surface area contributed by atoms with Crippen LogP contribution in [0.5, 0.6) is 0 Å². The minimum absolute atomic E-state index is 0.182. The largest absolute Gasteiger partial charge is 0.371 e. The van der Waals surface area contributed by atoms with Gasteiger partial charge in [0, 0.05) is 6.54 Å². The number of aromatic nitrogens is 2. The Balaban J connectivity index is 2.85. The van der Waals surface area contributed by atoms with E-state index in [4.69, 9.17) is 0 Å². The summed E-state index contributed by atoms with van der Waals surface area (Å²) in [6, 6.07) is 0. The van der Waals surface area contributed by atoms with E-state index in [9.17, 15) is 4.79 Å². The molecule has 4 nitrogen and oxygen atoms in total. The van der Waals surface area contributed by atoms with Gasteiger partial charge in [0.25, 0.3) is 5.56 Å². The SMILES string of the molecule is CCNc1cncc(=O)[nH]1. The molecule has 1 rings (SSSR count). The van der Waals surface area contributed by atoms with Crippen molar-refractivity contribution in [1.82, 2.24) is 9.97 Å². The molecule has 1 aromatic rings. The summed E-state index contributed by atoms with van der Waals surface area (Å²) in [5, 5.41) is 2.93. The van der Waals surface area contributed by atoms with Crippen LogP contribution >= 0.6 is 0 Å². The van der Waals surface area contributed by atoms with Gasteiger partial charge < -0.3 is 10.3 Å². The normalized spacial score (nSPS) is 9.30. The zero-order chi connectivity index (χ0) is 7.40. The van der Waals surface area contributed by atoms with E-state index in [-0.39, 0.29) is 5.56 Å².